The van der Waals surface area contributed by atoms with Crippen LogP contribution in [0, 0.1) is 6.92 Å². The number of benzene rings is 2. The lowest BCUT2D eigenvalue weighted by Gasteiger charge is -2.12. The monoisotopic (exact) mass is 282 g/mol. The Balaban J connectivity index is 1.89. The lowest BCUT2D eigenvalue weighted by molar-refractivity contribution is 0.690. The van der Waals surface area contributed by atoms with Crippen molar-refractivity contribution >= 4 is 21.6 Å². The van der Waals surface area contributed by atoms with E-state index in [0.29, 0.717) is 12.5 Å². The molecule has 1 heterocycles. The number of aryl methyl sites for hydroxylation is 1. The van der Waals surface area contributed by atoms with Crippen LogP contribution in [0.3, 0.4) is 0 Å². The summed E-state index contributed by atoms with van der Waals surface area (Å²) in [5, 5.41) is 1.15. The van der Waals surface area contributed by atoms with E-state index in [4.69, 9.17) is 10.7 Å². The van der Waals surface area contributed by atoms with Crippen molar-refractivity contribution in [2.75, 3.05) is 6.54 Å². The van der Waals surface area contributed by atoms with Crippen molar-refractivity contribution in [3.05, 3.63) is 64.7 Å². The van der Waals surface area contributed by atoms with Gasteiger partial charge in [-0.05, 0) is 31.0 Å². The fourth-order valence-corrected chi connectivity index (χ4v) is 3.54. The number of nitrogens with two attached hydrogens (primary N) is 1. The van der Waals surface area contributed by atoms with Gasteiger partial charge in [-0.1, -0.05) is 42.0 Å². The van der Waals surface area contributed by atoms with Crippen LogP contribution in [0.25, 0.3) is 10.2 Å². The number of nitrogens with zero attached hydrogens (tertiary/aromatic N) is 1. The van der Waals surface area contributed by atoms with Gasteiger partial charge in [-0.15, -0.1) is 11.3 Å². The minimum Gasteiger partial charge on any atom is -0.330 e. The number of thiazole rings is 1. The first kappa shape index (κ1) is 13.3. The standard InChI is InChI=1S/C17H18N2S/c1-12-5-4-6-13(9-12)10-14(11-18)17-19-15-7-2-3-8-16(15)20-17/h2-9,14H,10-11,18H2,1H3. The SMILES string of the molecule is Cc1cccc(CC(CN)c2nc3ccccc3s2)c1. The summed E-state index contributed by atoms with van der Waals surface area (Å²) in [4.78, 5) is 4.74. The average molecular weight is 282 g/mol. The summed E-state index contributed by atoms with van der Waals surface area (Å²) in [6.07, 6.45) is 0.956. The van der Waals surface area contributed by atoms with E-state index in [1.54, 1.807) is 11.3 Å². The van der Waals surface area contributed by atoms with Gasteiger partial charge < -0.3 is 5.73 Å². The topological polar surface area (TPSA) is 38.9 Å². The predicted molar refractivity (Wildman–Crippen MR) is 86.3 cm³/mol. The second-order valence-corrected chi connectivity index (χ2v) is 6.21. The molecule has 0 aliphatic rings. The Labute approximate surface area is 123 Å². The lowest BCUT2D eigenvalue weighted by Crippen LogP contribution is -2.14. The number of hydrogen-bond acceptors (Lipinski definition) is 3. The van der Waals surface area contributed by atoms with E-state index in [9.17, 15) is 0 Å². The molecule has 20 heavy (non-hydrogen) atoms. The van der Waals surface area contributed by atoms with Crippen LogP contribution in [0.4, 0.5) is 0 Å². The normalized spacial score (nSPS) is 12.7. The molecule has 0 amide bonds. The number of para-hydroxylation sites is 1. The van der Waals surface area contributed by atoms with Crippen LogP contribution in [0.2, 0.25) is 0 Å². The molecular formula is C17H18N2S. The highest BCUT2D eigenvalue weighted by molar-refractivity contribution is 7.18. The van der Waals surface area contributed by atoms with Crippen molar-refractivity contribution in [1.29, 1.82) is 0 Å². The molecule has 1 unspecified atom stereocenters. The second-order valence-electron chi connectivity index (χ2n) is 5.15. The summed E-state index contributed by atoms with van der Waals surface area (Å²) in [7, 11) is 0. The van der Waals surface area contributed by atoms with Gasteiger partial charge in [0.25, 0.3) is 0 Å². The first-order valence-corrected chi connectivity index (χ1v) is 7.69. The van der Waals surface area contributed by atoms with Gasteiger partial charge in [0.05, 0.1) is 15.2 Å². The Morgan fingerprint density at radius 2 is 2.00 bits per heavy atom. The molecule has 1 aromatic heterocycles. The molecule has 2 aromatic carbocycles. The molecule has 0 spiro atoms. The van der Waals surface area contributed by atoms with Crippen molar-refractivity contribution in [1.82, 2.24) is 4.98 Å². The van der Waals surface area contributed by atoms with Crippen molar-refractivity contribution in [2.45, 2.75) is 19.3 Å². The van der Waals surface area contributed by atoms with Crippen LogP contribution >= 0.6 is 11.3 Å². The largest absolute Gasteiger partial charge is 0.330 e. The maximum Gasteiger partial charge on any atom is 0.0985 e. The number of fused-ring (bicyclic) bond motifs is 1. The van der Waals surface area contributed by atoms with E-state index in [-0.39, 0.29) is 0 Å². The third kappa shape index (κ3) is 2.74. The molecule has 0 saturated carbocycles. The first-order chi connectivity index (χ1) is 9.76. The molecule has 0 saturated heterocycles. The van der Waals surface area contributed by atoms with Gasteiger partial charge in [-0.2, -0.15) is 0 Å². The molecule has 0 fully saturated rings. The van der Waals surface area contributed by atoms with E-state index in [0.717, 1.165) is 16.9 Å². The Hall–Kier alpha value is -1.71. The zero-order chi connectivity index (χ0) is 13.9. The highest BCUT2D eigenvalue weighted by atomic mass is 32.1. The fraction of sp³-hybridized carbons (Fsp3) is 0.235. The average Bonchev–Trinajstić information content (AvgIpc) is 2.88. The van der Waals surface area contributed by atoms with E-state index in [1.807, 2.05) is 6.07 Å². The van der Waals surface area contributed by atoms with Crippen LogP contribution < -0.4 is 5.73 Å². The molecule has 0 aliphatic heterocycles. The second kappa shape index (κ2) is 5.73. The fourth-order valence-electron chi connectivity index (χ4n) is 2.46. The third-order valence-electron chi connectivity index (χ3n) is 3.51. The molecule has 3 aromatic rings. The molecule has 3 rings (SSSR count). The predicted octanol–water partition coefficient (Wildman–Crippen LogP) is 3.89. The Kier molecular flexibility index (Phi) is 3.81. The molecule has 102 valence electrons. The molecule has 2 nitrogen and oxygen atoms in total. The van der Waals surface area contributed by atoms with Gasteiger partial charge in [0.2, 0.25) is 0 Å². The van der Waals surface area contributed by atoms with Crippen molar-refractivity contribution in [3.8, 4) is 0 Å². The summed E-state index contributed by atoms with van der Waals surface area (Å²) in [6, 6.07) is 16.9. The summed E-state index contributed by atoms with van der Waals surface area (Å²) >= 11 is 1.76. The summed E-state index contributed by atoms with van der Waals surface area (Å²) < 4.78 is 1.24. The van der Waals surface area contributed by atoms with Crippen LogP contribution in [0.1, 0.15) is 22.1 Å². The lowest BCUT2D eigenvalue weighted by atomic mass is 9.99. The van der Waals surface area contributed by atoms with Crippen molar-refractivity contribution in [3.63, 3.8) is 0 Å². The van der Waals surface area contributed by atoms with Gasteiger partial charge in [0, 0.05) is 12.5 Å². The highest BCUT2D eigenvalue weighted by Gasteiger charge is 2.15. The summed E-state index contributed by atoms with van der Waals surface area (Å²) in [6.45, 7) is 2.76. The van der Waals surface area contributed by atoms with Crippen LogP contribution in [-0.4, -0.2) is 11.5 Å². The van der Waals surface area contributed by atoms with Gasteiger partial charge in [-0.3, -0.25) is 0 Å². The van der Waals surface area contributed by atoms with Crippen LogP contribution in [0.15, 0.2) is 48.5 Å². The number of aromatic nitrogens is 1. The van der Waals surface area contributed by atoms with E-state index in [2.05, 4.69) is 49.4 Å². The zero-order valence-corrected chi connectivity index (χ0v) is 12.4. The summed E-state index contributed by atoms with van der Waals surface area (Å²) in [5.74, 6) is 0.300. The molecule has 2 N–H and O–H groups in total. The van der Waals surface area contributed by atoms with Crippen LogP contribution in [-0.2, 0) is 6.42 Å². The Bertz CT molecular complexity index is 685. The molecule has 3 heteroatoms. The molecule has 1 atom stereocenters. The van der Waals surface area contributed by atoms with Gasteiger partial charge in [0.1, 0.15) is 0 Å². The third-order valence-corrected chi connectivity index (χ3v) is 4.71. The quantitative estimate of drug-likeness (QED) is 0.788. The number of rotatable bonds is 4. The molecule has 0 radical (unpaired) electrons. The smallest absolute Gasteiger partial charge is 0.0985 e. The molecular weight excluding hydrogens is 264 g/mol. The van der Waals surface area contributed by atoms with E-state index < -0.39 is 0 Å². The maximum absolute atomic E-state index is 5.98. The first-order valence-electron chi connectivity index (χ1n) is 6.87. The van der Waals surface area contributed by atoms with Crippen molar-refractivity contribution in [2.24, 2.45) is 5.73 Å². The molecule has 0 bridgehead atoms. The minimum absolute atomic E-state index is 0.300. The molecule has 0 aliphatic carbocycles. The maximum atomic E-state index is 5.98. The van der Waals surface area contributed by atoms with Gasteiger partial charge in [-0.25, -0.2) is 4.98 Å². The summed E-state index contributed by atoms with van der Waals surface area (Å²) in [5.41, 5.74) is 9.69. The van der Waals surface area contributed by atoms with Crippen LogP contribution in [0.5, 0.6) is 0 Å². The number of hydrogen-bond donors (Lipinski definition) is 1. The van der Waals surface area contributed by atoms with E-state index >= 15 is 0 Å². The Morgan fingerprint density at radius 1 is 1.15 bits per heavy atom. The Morgan fingerprint density at radius 3 is 2.75 bits per heavy atom. The minimum atomic E-state index is 0.300. The van der Waals surface area contributed by atoms with Gasteiger partial charge >= 0.3 is 0 Å². The highest BCUT2D eigenvalue weighted by Crippen LogP contribution is 2.29. The van der Waals surface area contributed by atoms with E-state index in [1.165, 1.54) is 15.8 Å². The van der Waals surface area contributed by atoms with Crippen molar-refractivity contribution < 1.29 is 0 Å². The van der Waals surface area contributed by atoms with Gasteiger partial charge in [0.15, 0.2) is 0 Å². The zero-order valence-electron chi connectivity index (χ0n) is 11.5.